The van der Waals surface area contributed by atoms with E-state index in [1.807, 2.05) is 46.7 Å². The summed E-state index contributed by atoms with van der Waals surface area (Å²) in [5, 5.41) is 2.76. The van der Waals surface area contributed by atoms with Gasteiger partial charge in [0.1, 0.15) is 0 Å². The van der Waals surface area contributed by atoms with Crippen molar-refractivity contribution < 1.29 is 4.79 Å². The smallest absolute Gasteiger partial charge is 0.246 e. The molecule has 0 spiro atoms. The first-order valence-corrected chi connectivity index (χ1v) is 8.91. The van der Waals surface area contributed by atoms with Crippen LogP contribution >= 0.6 is 22.9 Å². The quantitative estimate of drug-likeness (QED) is 0.782. The predicted octanol–water partition coefficient (Wildman–Crippen LogP) is 4.07. The third kappa shape index (κ3) is 3.95. The number of benzene rings is 1. The number of aryl methyl sites for hydroxylation is 1. The number of amides is 1. The zero-order chi connectivity index (χ0) is 16.2. The Morgan fingerprint density at radius 3 is 2.70 bits per heavy atom. The Labute approximate surface area is 145 Å². The van der Waals surface area contributed by atoms with Crippen LogP contribution in [0.1, 0.15) is 10.4 Å². The van der Waals surface area contributed by atoms with Gasteiger partial charge in [-0.3, -0.25) is 4.79 Å². The molecule has 0 saturated carbocycles. The van der Waals surface area contributed by atoms with Crippen molar-refractivity contribution in [2.45, 2.75) is 6.92 Å². The first-order chi connectivity index (χ1) is 11.1. The van der Waals surface area contributed by atoms with Crippen LogP contribution in [0.3, 0.4) is 0 Å². The monoisotopic (exact) mass is 346 g/mol. The number of piperazine rings is 1. The number of nitrogens with zero attached hydrogens (tertiary/aromatic N) is 2. The zero-order valence-electron chi connectivity index (χ0n) is 13.0. The Morgan fingerprint density at radius 1 is 1.22 bits per heavy atom. The molecular weight excluding hydrogens is 328 g/mol. The molecule has 120 valence electrons. The topological polar surface area (TPSA) is 23.6 Å². The van der Waals surface area contributed by atoms with Crippen LogP contribution in [0.2, 0.25) is 5.02 Å². The lowest BCUT2D eigenvalue weighted by Gasteiger charge is -2.36. The summed E-state index contributed by atoms with van der Waals surface area (Å²) in [5.41, 5.74) is 2.38. The second-order valence-corrected chi connectivity index (χ2v) is 7.01. The predicted molar refractivity (Wildman–Crippen MR) is 98.3 cm³/mol. The Balaban J connectivity index is 1.60. The maximum Gasteiger partial charge on any atom is 0.246 e. The summed E-state index contributed by atoms with van der Waals surface area (Å²) in [5.74, 6) is 0.0841. The second-order valence-electron chi connectivity index (χ2n) is 5.59. The van der Waals surface area contributed by atoms with Gasteiger partial charge in [0.15, 0.2) is 0 Å². The van der Waals surface area contributed by atoms with Gasteiger partial charge in [0.25, 0.3) is 0 Å². The lowest BCUT2D eigenvalue weighted by Crippen LogP contribution is -2.48. The van der Waals surface area contributed by atoms with E-state index < -0.39 is 0 Å². The van der Waals surface area contributed by atoms with Crippen LogP contribution in [-0.2, 0) is 4.79 Å². The molecule has 23 heavy (non-hydrogen) atoms. The van der Waals surface area contributed by atoms with Crippen molar-refractivity contribution in [3.05, 3.63) is 57.3 Å². The summed E-state index contributed by atoms with van der Waals surface area (Å²) in [7, 11) is 0. The lowest BCUT2D eigenvalue weighted by molar-refractivity contribution is -0.126. The molecule has 3 rings (SSSR count). The summed E-state index contributed by atoms with van der Waals surface area (Å²) in [6.07, 6.45) is 3.56. The van der Waals surface area contributed by atoms with Gasteiger partial charge in [-0.15, -0.1) is 11.3 Å². The molecule has 1 fully saturated rings. The molecule has 5 heteroatoms. The lowest BCUT2D eigenvalue weighted by atomic mass is 10.1. The third-order valence-electron chi connectivity index (χ3n) is 4.04. The number of hydrogen-bond acceptors (Lipinski definition) is 3. The van der Waals surface area contributed by atoms with E-state index in [1.54, 1.807) is 17.4 Å². The fourth-order valence-corrected chi connectivity index (χ4v) is 3.52. The van der Waals surface area contributed by atoms with Gasteiger partial charge in [-0.2, -0.15) is 0 Å². The van der Waals surface area contributed by atoms with Crippen molar-refractivity contribution in [3.8, 4) is 0 Å². The van der Waals surface area contributed by atoms with Crippen molar-refractivity contribution >= 4 is 40.6 Å². The average Bonchev–Trinajstić information content (AvgIpc) is 3.08. The molecular formula is C18H19ClN2OS. The molecule has 1 aliphatic rings. The molecule has 0 atom stereocenters. The van der Waals surface area contributed by atoms with Crippen LogP contribution in [0.5, 0.6) is 0 Å². The van der Waals surface area contributed by atoms with Gasteiger partial charge in [-0.1, -0.05) is 23.7 Å². The highest BCUT2D eigenvalue weighted by molar-refractivity contribution is 7.10. The minimum Gasteiger partial charge on any atom is -0.368 e. The fraction of sp³-hybridized carbons (Fsp3) is 0.278. The molecule has 0 bridgehead atoms. The van der Waals surface area contributed by atoms with E-state index in [9.17, 15) is 4.79 Å². The average molecular weight is 347 g/mol. The second kappa shape index (κ2) is 7.20. The molecule has 2 heterocycles. The Kier molecular flexibility index (Phi) is 5.03. The molecule has 3 nitrogen and oxygen atoms in total. The highest BCUT2D eigenvalue weighted by Crippen LogP contribution is 2.25. The summed E-state index contributed by atoms with van der Waals surface area (Å²) in [6.45, 7) is 5.23. The van der Waals surface area contributed by atoms with E-state index in [0.717, 1.165) is 36.1 Å². The van der Waals surface area contributed by atoms with Crippen LogP contribution < -0.4 is 4.90 Å². The SMILES string of the molecule is Cc1ccc(Cl)cc1N1CCN(C(=O)/C=C/c2cccs2)CC1. The van der Waals surface area contributed by atoms with E-state index >= 15 is 0 Å². The van der Waals surface area contributed by atoms with Crippen molar-refractivity contribution in [1.82, 2.24) is 4.90 Å². The molecule has 0 unspecified atom stereocenters. The van der Waals surface area contributed by atoms with E-state index in [1.165, 1.54) is 11.3 Å². The van der Waals surface area contributed by atoms with Gasteiger partial charge in [0.05, 0.1) is 0 Å². The van der Waals surface area contributed by atoms with Crippen molar-refractivity contribution in [3.63, 3.8) is 0 Å². The molecule has 1 aliphatic heterocycles. The third-order valence-corrected chi connectivity index (χ3v) is 5.11. The number of rotatable bonds is 3. The van der Waals surface area contributed by atoms with Crippen LogP contribution in [0, 0.1) is 6.92 Å². The number of anilines is 1. The van der Waals surface area contributed by atoms with Crippen LogP contribution in [0.25, 0.3) is 6.08 Å². The first-order valence-electron chi connectivity index (χ1n) is 7.65. The zero-order valence-corrected chi connectivity index (χ0v) is 14.6. The molecule has 1 amide bonds. The number of halogens is 1. The summed E-state index contributed by atoms with van der Waals surface area (Å²) in [4.78, 5) is 17.6. The minimum atomic E-state index is 0.0841. The van der Waals surface area contributed by atoms with E-state index in [2.05, 4.69) is 11.8 Å². The highest BCUT2D eigenvalue weighted by Gasteiger charge is 2.20. The summed E-state index contributed by atoms with van der Waals surface area (Å²) < 4.78 is 0. The van der Waals surface area contributed by atoms with Crippen LogP contribution in [-0.4, -0.2) is 37.0 Å². The number of carbonyl (C=O) groups excluding carboxylic acids is 1. The number of carbonyl (C=O) groups is 1. The first kappa shape index (κ1) is 16.1. The van der Waals surface area contributed by atoms with Crippen molar-refractivity contribution in [1.29, 1.82) is 0 Å². The number of thiophene rings is 1. The maximum absolute atomic E-state index is 12.3. The molecule has 0 aliphatic carbocycles. The van der Waals surface area contributed by atoms with Crippen molar-refractivity contribution in [2.75, 3.05) is 31.1 Å². The van der Waals surface area contributed by atoms with Crippen molar-refractivity contribution in [2.24, 2.45) is 0 Å². The normalized spacial score (nSPS) is 15.4. The minimum absolute atomic E-state index is 0.0841. The van der Waals surface area contributed by atoms with Crippen LogP contribution in [0.15, 0.2) is 41.8 Å². The maximum atomic E-state index is 12.3. The van der Waals surface area contributed by atoms with E-state index in [4.69, 9.17) is 11.6 Å². The van der Waals surface area contributed by atoms with Gasteiger partial charge in [0, 0.05) is 47.8 Å². The molecule has 1 saturated heterocycles. The fourth-order valence-electron chi connectivity index (χ4n) is 2.74. The Hall–Kier alpha value is -1.78. The van der Waals surface area contributed by atoms with Crippen LogP contribution in [0.4, 0.5) is 5.69 Å². The van der Waals surface area contributed by atoms with Gasteiger partial charge in [-0.25, -0.2) is 0 Å². The standard InChI is InChI=1S/C18H19ClN2OS/c1-14-4-5-15(19)13-17(14)20-8-10-21(11-9-20)18(22)7-6-16-3-2-12-23-16/h2-7,12-13H,8-11H2,1H3/b7-6+. The van der Waals surface area contributed by atoms with E-state index in [-0.39, 0.29) is 5.91 Å². The van der Waals surface area contributed by atoms with E-state index in [0.29, 0.717) is 0 Å². The number of hydrogen-bond donors (Lipinski definition) is 0. The Morgan fingerprint density at radius 2 is 2.00 bits per heavy atom. The molecule has 2 aromatic rings. The molecule has 0 radical (unpaired) electrons. The molecule has 1 aromatic heterocycles. The van der Waals surface area contributed by atoms with Gasteiger partial charge < -0.3 is 9.80 Å². The Bertz CT molecular complexity index is 704. The largest absolute Gasteiger partial charge is 0.368 e. The summed E-state index contributed by atoms with van der Waals surface area (Å²) >= 11 is 7.74. The molecule has 1 aromatic carbocycles. The van der Waals surface area contributed by atoms with Gasteiger partial charge >= 0.3 is 0 Å². The summed E-state index contributed by atoms with van der Waals surface area (Å²) in [6, 6.07) is 9.95. The molecule has 0 N–H and O–H groups in total. The van der Waals surface area contributed by atoms with Gasteiger partial charge in [0.2, 0.25) is 5.91 Å². The highest BCUT2D eigenvalue weighted by atomic mass is 35.5. The van der Waals surface area contributed by atoms with Gasteiger partial charge in [-0.05, 0) is 42.1 Å².